The summed E-state index contributed by atoms with van der Waals surface area (Å²) >= 11 is 6.00. The molecule has 0 aliphatic carbocycles. The molecule has 0 aromatic carbocycles. The van der Waals surface area contributed by atoms with Crippen LogP contribution in [0.5, 0.6) is 0 Å². The second-order valence-corrected chi connectivity index (χ2v) is 3.72. The molecule has 0 spiro atoms. The van der Waals surface area contributed by atoms with Gasteiger partial charge in [0.05, 0.1) is 6.20 Å². The summed E-state index contributed by atoms with van der Waals surface area (Å²) in [6.07, 6.45) is 4.33. The van der Waals surface area contributed by atoms with E-state index >= 15 is 0 Å². The quantitative estimate of drug-likeness (QED) is 0.782. The van der Waals surface area contributed by atoms with Crippen molar-refractivity contribution >= 4 is 17.5 Å². The molecular formula is C10H16ClN3O. The Kier molecular flexibility index (Phi) is 4.62. The van der Waals surface area contributed by atoms with E-state index in [-0.39, 0.29) is 5.91 Å². The van der Waals surface area contributed by atoms with Gasteiger partial charge in [-0.25, -0.2) is 0 Å². The molecule has 0 saturated heterocycles. The fraction of sp³-hybridized carbons (Fsp3) is 0.600. The molecule has 84 valence electrons. The highest BCUT2D eigenvalue weighted by atomic mass is 35.5. The van der Waals surface area contributed by atoms with Crippen LogP contribution in [0.15, 0.2) is 12.4 Å². The number of rotatable bonds is 5. The molecule has 1 aromatic heterocycles. The number of halogens is 1. The van der Waals surface area contributed by atoms with Crippen molar-refractivity contribution in [3.05, 3.63) is 18.0 Å². The Morgan fingerprint density at radius 2 is 2.40 bits per heavy atom. The molecular weight excluding hydrogens is 214 g/mol. The van der Waals surface area contributed by atoms with Gasteiger partial charge in [-0.1, -0.05) is 6.92 Å². The molecule has 0 radical (unpaired) electrons. The predicted octanol–water partition coefficient (Wildman–Crippen LogP) is 1.71. The van der Waals surface area contributed by atoms with Crippen LogP contribution in [-0.2, 0) is 11.3 Å². The highest BCUT2D eigenvalue weighted by Gasteiger charge is 2.18. The summed E-state index contributed by atoms with van der Waals surface area (Å²) in [6, 6.07) is 0. The van der Waals surface area contributed by atoms with E-state index in [1.165, 1.54) is 0 Å². The lowest BCUT2D eigenvalue weighted by Gasteiger charge is -2.07. The van der Waals surface area contributed by atoms with Gasteiger partial charge in [-0.15, -0.1) is 11.6 Å². The first-order valence-electron chi connectivity index (χ1n) is 5.13. The van der Waals surface area contributed by atoms with Gasteiger partial charge in [0.1, 0.15) is 5.38 Å². The first-order chi connectivity index (χ1) is 7.19. The maximum atomic E-state index is 11.5. The minimum atomic E-state index is -0.642. The summed E-state index contributed by atoms with van der Waals surface area (Å²) in [4.78, 5) is 11.5. The normalized spacial score (nSPS) is 12.5. The lowest BCUT2D eigenvalue weighted by Crippen LogP contribution is -2.27. The lowest BCUT2D eigenvalue weighted by atomic mass is 10.2. The van der Waals surface area contributed by atoms with Crippen molar-refractivity contribution in [2.24, 2.45) is 0 Å². The average Bonchev–Trinajstić information content (AvgIpc) is 2.73. The first kappa shape index (κ1) is 12.0. The van der Waals surface area contributed by atoms with Gasteiger partial charge in [0, 0.05) is 24.8 Å². The van der Waals surface area contributed by atoms with E-state index in [0.717, 1.165) is 18.5 Å². The zero-order valence-electron chi connectivity index (χ0n) is 9.03. The lowest BCUT2D eigenvalue weighted by molar-refractivity contribution is -0.120. The number of nitrogens with one attached hydrogen (secondary N) is 1. The molecule has 4 nitrogen and oxygen atoms in total. The van der Waals surface area contributed by atoms with Crippen molar-refractivity contribution in [1.29, 1.82) is 0 Å². The molecule has 1 atom stereocenters. The van der Waals surface area contributed by atoms with Crippen molar-refractivity contribution in [1.82, 2.24) is 15.1 Å². The van der Waals surface area contributed by atoms with Crippen LogP contribution in [0, 0.1) is 0 Å². The van der Waals surface area contributed by atoms with Gasteiger partial charge in [-0.3, -0.25) is 9.48 Å². The molecule has 5 heteroatoms. The molecule has 0 bridgehead atoms. The summed E-state index contributed by atoms with van der Waals surface area (Å²) < 4.78 is 1.75. The number of nitrogens with zero attached hydrogens (tertiary/aromatic N) is 2. The second-order valence-electron chi connectivity index (χ2n) is 3.28. The molecule has 1 rings (SSSR count). The molecule has 0 aliphatic heterocycles. The highest BCUT2D eigenvalue weighted by Crippen LogP contribution is 2.19. The third-order valence-corrected chi connectivity index (χ3v) is 2.50. The Morgan fingerprint density at radius 1 is 1.67 bits per heavy atom. The van der Waals surface area contributed by atoms with E-state index in [1.54, 1.807) is 17.1 Å². The van der Waals surface area contributed by atoms with Crippen LogP contribution in [0.4, 0.5) is 0 Å². The minimum absolute atomic E-state index is 0.158. The van der Waals surface area contributed by atoms with Gasteiger partial charge in [0.25, 0.3) is 0 Å². The molecule has 15 heavy (non-hydrogen) atoms. The van der Waals surface area contributed by atoms with Gasteiger partial charge in [-0.05, 0) is 13.3 Å². The van der Waals surface area contributed by atoms with Crippen LogP contribution in [0.3, 0.4) is 0 Å². The number of carbonyl (C=O) groups is 1. The summed E-state index contributed by atoms with van der Waals surface area (Å²) in [5.74, 6) is -0.158. The summed E-state index contributed by atoms with van der Waals surface area (Å²) in [6.45, 7) is 5.42. The Balaban J connectivity index is 2.59. The third-order valence-electron chi connectivity index (χ3n) is 2.05. The standard InChI is InChI=1S/C10H16ClN3O/c1-3-5-12-10(15)9(11)8-6-13-14(4-2)7-8/h6-7,9H,3-5H2,1-2H3,(H,12,15). The second kappa shape index (κ2) is 5.75. The molecule has 1 unspecified atom stereocenters. The molecule has 1 heterocycles. The zero-order valence-corrected chi connectivity index (χ0v) is 9.79. The maximum absolute atomic E-state index is 11.5. The molecule has 1 amide bonds. The number of aryl methyl sites for hydroxylation is 1. The molecule has 0 aliphatic rings. The molecule has 0 saturated carbocycles. The van der Waals surface area contributed by atoms with Crippen LogP contribution < -0.4 is 5.32 Å². The van der Waals surface area contributed by atoms with Gasteiger partial charge in [-0.2, -0.15) is 5.10 Å². The van der Waals surface area contributed by atoms with E-state index in [4.69, 9.17) is 11.6 Å². The number of carbonyl (C=O) groups excluding carboxylic acids is 1. The Hall–Kier alpha value is -1.03. The highest BCUT2D eigenvalue weighted by molar-refractivity contribution is 6.30. The Labute approximate surface area is 94.6 Å². The van der Waals surface area contributed by atoms with E-state index < -0.39 is 5.38 Å². The van der Waals surface area contributed by atoms with Crippen molar-refractivity contribution < 1.29 is 4.79 Å². The fourth-order valence-electron chi connectivity index (χ4n) is 1.17. The van der Waals surface area contributed by atoms with Gasteiger partial charge in [0.15, 0.2) is 0 Å². The number of hydrogen-bond acceptors (Lipinski definition) is 2. The van der Waals surface area contributed by atoms with Crippen LogP contribution in [0.2, 0.25) is 0 Å². The van der Waals surface area contributed by atoms with Crippen LogP contribution in [-0.4, -0.2) is 22.2 Å². The van der Waals surface area contributed by atoms with Gasteiger partial charge in [0.2, 0.25) is 5.91 Å². The van der Waals surface area contributed by atoms with Crippen molar-refractivity contribution in [2.75, 3.05) is 6.54 Å². The summed E-state index contributed by atoms with van der Waals surface area (Å²) in [7, 11) is 0. The number of hydrogen-bond donors (Lipinski definition) is 1. The predicted molar refractivity (Wildman–Crippen MR) is 59.8 cm³/mol. The van der Waals surface area contributed by atoms with Gasteiger partial charge < -0.3 is 5.32 Å². The number of amides is 1. The maximum Gasteiger partial charge on any atom is 0.242 e. The van der Waals surface area contributed by atoms with Crippen LogP contribution >= 0.6 is 11.6 Å². The minimum Gasteiger partial charge on any atom is -0.355 e. The van der Waals surface area contributed by atoms with Crippen molar-refractivity contribution in [2.45, 2.75) is 32.2 Å². The zero-order chi connectivity index (χ0) is 11.3. The third kappa shape index (κ3) is 3.23. The molecule has 1 aromatic rings. The molecule has 1 N–H and O–H groups in total. The number of alkyl halides is 1. The van der Waals surface area contributed by atoms with E-state index in [2.05, 4.69) is 10.4 Å². The van der Waals surface area contributed by atoms with Crippen molar-refractivity contribution in [3.63, 3.8) is 0 Å². The summed E-state index contributed by atoms with van der Waals surface area (Å²) in [5.41, 5.74) is 0.743. The van der Waals surface area contributed by atoms with E-state index in [1.807, 2.05) is 13.8 Å². The largest absolute Gasteiger partial charge is 0.355 e. The van der Waals surface area contributed by atoms with E-state index in [0.29, 0.717) is 6.54 Å². The van der Waals surface area contributed by atoms with Crippen LogP contribution in [0.25, 0.3) is 0 Å². The monoisotopic (exact) mass is 229 g/mol. The molecule has 0 fully saturated rings. The van der Waals surface area contributed by atoms with E-state index in [9.17, 15) is 4.79 Å². The Bertz CT molecular complexity index is 324. The smallest absolute Gasteiger partial charge is 0.242 e. The number of aromatic nitrogens is 2. The summed E-state index contributed by atoms with van der Waals surface area (Å²) in [5, 5.41) is 6.18. The SMILES string of the molecule is CCCNC(=O)C(Cl)c1cnn(CC)c1. The first-order valence-corrected chi connectivity index (χ1v) is 5.56. The van der Waals surface area contributed by atoms with Gasteiger partial charge >= 0.3 is 0 Å². The fourth-order valence-corrected chi connectivity index (χ4v) is 1.36. The Morgan fingerprint density at radius 3 is 2.93 bits per heavy atom. The average molecular weight is 230 g/mol. The van der Waals surface area contributed by atoms with Crippen molar-refractivity contribution in [3.8, 4) is 0 Å². The topological polar surface area (TPSA) is 46.9 Å². The van der Waals surface area contributed by atoms with Crippen LogP contribution in [0.1, 0.15) is 31.2 Å².